The van der Waals surface area contributed by atoms with E-state index < -0.39 is 0 Å². The van der Waals surface area contributed by atoms with Crippen LogP contribution >= 0.6 is 0 Å². The monoisotopic (exact) mass is 220 g/mol. The number of hydrogen-bond acceptors (Lipinski definition) is 2. The Hall–Kier alpha value is -1.58. The van der Waals surface area contributed by atoms with E-state index in [1.807, 2.05) is 13.8 Å². The fraction of sp³-hybridized carbons (Fsp3) is 0.500. The van der Waals surface area contributed by atoms with Crippen LogP contribution in [0.4, 0.5) is 0 Å². The van der Waals surface area contributed by atoms with Crippen LogP contribution in [-0.4, -0.2) is 34.7 Å². The van der Waals surface area contributed by atoms with E-state index in [0.29, 0.717) is 12.1 Å². The van der Waals surface area contributed by atoms with Crippen LogP contribution in [0.25, 0.3) is 0 Å². The summed E-state index contributed by atoms with van der Waals surface area (Å²) in [6.07, 6.45) is 4.11. The third-order valence-electron chi connectivity index (χ3n) is 3.23. The lowest BCUT2D eigenvalue weighted by Gasteiger charge is -2.35. The quantitative estimate of drug-likeness (QED) is 0.779. The van der Waals surface area contributed by atoms with Crippen LogP contribution in [0, 0.1) is 5.41 Å². The zero-order chi connectivity index (χ0) is 11.8. The van der Waals surface area contributed by atoms with E-state index in [9.17, 15) is 9.59 Å². The van der Waals surface area contributed by atoms with Gasteiger partial charge in [0.25, 0.3) is 5.91 Å². The van der Waals surface area contributed by atoms with Crippen LogP contribution in [0.5, 0.6) is 0 Å². The maximum Gasteiger partial charge on any atom is 0.255 e. The van der Waals surface area contributed by atoms with Gasteiger partial charge >= 0.3 is 0 Å². The molecule has 0 aliphatic carbocycles. The molecule has 4 nitrogen and oxygen atoms in total. The van der Waals surface area contributed by atoms with Crippen LogP contribution in [0.15, 0.2) is 18.5 Å². The average molecular weight is 220 g/mol. The molecule has 1 fully saturated rings. The van der Waals surface area contributed by atoms with Gasteiger partial charge in [0.2, 0.25) is 0 Å². The Bertz CT molecular complexity index is 407. The van der Waals surface area contributed by atoms with E-state index in [4.69, 9.17) is 0 Å². The standard InChI is InChI=1S/C12H16N2O2/c1-12(2)4-6-14(8-10(12)15)11(16)9-3-5-13-7-9/h3,5,7,13H,4,6,8H2,1-2H3. The second-order valence-corrected chi connectivity index (χ2v) is 4.88. The van der Waals surface area contributed by atoms with Gasteiger partial charge in [-0.1, -0.05) is 13.8 Å². The molecule has 86 valence electrons. The van der Waals surface area contributed by atoms with E-state index in [2.05, 4.69) is 4.98 Å². The summed E-state index contributed by atoms with van der Waals surface area (Å²) in [6, 6.07) is 1.73. The van der Waals surface area contributed by atoms with Gasteiger partial charge in [-0.25, -0.2) is 0 Å². The van der Waals surface area contributed by atoms with E-state index in [1.54, 1.807) is 23.4 Å². The number of H-pyrrole nitrogens is 1. The molecule has 0 aromatic carbocycles. The molecule has 16 heavy (non-hydrogen) atoms. The molecule has 1 N–H and O–H groups in total. The Balaban J connectivity index is 2.09. The summed E-state index contributed by atoms with van der Waals surface area (Å²) in [7, 11) is 0. The molecule has 2 heterocycles. The van der Waals surface area contributed by atoms with Gasteiger partial charge < -0.3 is 9.88 Å². The lowest BCUT2D eigenvalue weighted by molar-refractivity contribution is -0.130. The van der Waals surface area contributed by atoms with Gasteiger partial charge in [-0.15, -0.1) is 0 Å². The smallest absolute Gasteiger partial charge is 0.255 e. The molecule has 1 saturated heterocycles. The number of aromatic amines is 1. The highest BCUT2D eigenvalue weighted by Gasteiger charge is 2.35. The number of Topliss-reactive ketones (excluding diaryl/α,β-unsaturated/α-hetero) is 1. The highest BCUT2D eigenvalue weighted by Crippen LogP contribution is 2.27. The number of hydrogen-bond donors (Lipinski definition) is 1. The number of nitrogens with zero attached hydrogens (tertiary/aromatic N) is 1. The first-order chi connectivity index (χ1) is 7.50. The predicted molar refractivity (Wildman–Crippen MR) is 60.1 cm³/mol. The molecule has 0 atom stereocenters. The summed E-state index contributed by atoms with van der Waals surface area (Å²) >= 11 is 0. The molecular weight excluding hydrogens is 204 g/mol. The fourth-order valence-corrected chi connectivity index (χ4v) is 1.83. The van der Waals surface area contributed by atoms with Gasteiger partial charge in [0.1, 0.15) is 0 Å². The van der Waals surface area contributed by atoms with Crippen LogP contribution in [0.1, 0.15) is 30.6 Å². The number of rotatable bonds is 1. The second kappa shape index (κ2) is 3.77. The third-order valence-corrected chi connectivity index (χ3v) is 3.23. The van der Waals surface area contributed by atoms with Gasteiger partial charge in [-0.05, 0) is 12.5 Å². The third kappa shape index (κ3) is 1.87. The summed E-state index contributed by atoms with van der Waals surface area (Å²) in [5, 5.41) is 0. The largest absolute Gasteiger partial charge is 0.367 e. The van der Waals surface area contributed by atoms with Crippen LogP contribution in [0.3, 0.4) is 0 Å². The Morgan fingerprint density at radius 2 is 2.25 bits per heavy atom. The summed E-state index contributed by atoms with van der Waals surface area (Å²) in [6.45, 7) is 4.76. The van der Waals surface area contributed by atoms with Gasteiger partial charge in [-0.2, -0.15) is 0 Å². The number of aromatic nitrogens is 1. The number of amides is 1. The molecule has 0 bridgehead atoms. The number of piperidine rings is 1. The molecule has 1 aromatic heterocycles. The summed E-state index contributed by atoms with van der Waals surface area (Å²) in [4.78, 5) is 28.2. The molecule has 4 heteroatoms. The Morgan fingerprint density at radius 1 is 1.50 bits per heavy atom. The maximum absolute atomic E-state index is 12.0. The number of carbonyl (C=O) groups is 2. The van der Waals surface area contributed by atoms with Crippen molar-refractivity contribution in [2.75, 3.05) is 13.1 Å². The van der Waals surface area contributed by atoms with Crippen molar-refractivity contribution in [3.63, 3.8) is 0 Å². The predicted octanol–water partition coefficient (Wildman–Crippen LogP) is 1.46. The first kappa shape index (κ1) is 10.9. The molecule has 0 saturated carbocycles. The Labute approximate surface area is 94.6 Å². The van der Waals surface area contributed by atoms with Crippen molar-refractivity contribution in [1.29, 1.82) is 0 Å². The molecule has 2 rings (SSSR count). The average Bonchev–Trinajstić information content (AvgIpc) is 2.74. The zero-order valence-electron chi connectivity index (χ0n) is 9.62. The summed E-state index contributed by atoms with van der Waals surface area (Å²) in [5.74, 6) is 0.0766. The normalized spacial score (nSPS) is 19.9. The minimum atomic E-state index is -0.283. The highest BCUT2D eigenvalue weighted by atomic mass is 16.2. The lowest BCUT2D eigenvalue weighted by atomic mass is 9.81. The summed E-state index contributed by atoms with van der Waals surface area (Å²) < 4.78 is 0. The molecule has 0 spiro atoms. The topological polar surface area (TPSA) is 53.2 Å². The van der Waals surface area contributed by atoms with Crippen molar-refractivity contribution in [1.82, 2.24) is 9.88 Å². The molecule has 0 radical (unpaired) electrons. The van der Waals surface area contributed by atoms with Gasteiger partial charge in [0, 0.05) is 24.4 Å². The number of ketones is 1. The number of carbonyl (C=O) groups excluding carboxylic acids is 2. The van der Waals surface area contributed by atoms with E-state index in [1.165, 1.54) is 0 Å². The van der Waals surface area contributed by atoms with E-state index >= 15 is 0 Å². The zero-order valence-corrected chi connectivity index (χ0v) is 9.62. The van der Waals surface area contributed by atoms with Crippen molar-refractivity contribution in [2.45, 2.75) is 20.3 Å². The summed E-state index contributed by atoms with van der Waals surface area (Å²) in [5.41, 5.74) is 0.335. The van der Waals surface area contributed by atoms with Crippen LogP contribution < -0.4 is 0 Å². The molecule has 1 amide bonds. The van der Waals surface area contributed by atoms with Crippen molar-refractivity contribution in [2.24, 2.45) is 5.41 Å². The van der Waals surface area contributed by atoms with Crippen molar-refractivity contribution in [3.05, 3.63) is 24.0 Å². The van der Waals surface area contributed by atoms with E-state index in [-0.39, 0.29) is 23.7 Å². The first-order valence-corrected chi connectivity index (χ1v) is 5.46. The van der Waals surface area contributed by atoms with Crippen LogP contribution in [0.2, 0.25) is 0 Å². The fourth-order valence-electron chi connectivity index (χ4n) is 1.83. The molecule has 1 aliphatic rings. The first-order valence-electron chi connectivity index (χ1n) is 5.46. The molecule has 1 aliphatic heterocycles. The van der Waals surface area contributed by atoms with Gasteiger partial charge in [0.05, 0.1) is 12.1 Å². The highest BCUT2D eigenvalue weighted by molar-refractivity contribution is 5.98. The minimum Gasteiger partial charge on any atom is -0.367 e. The van der Waals surface area contributed by atoms with Gasteiger partial charge in [0.15, 0.2) is 5.78 Å². The Kier molecular flexibility index (Phi) is 2.58. The lowest BCUT2D eigenvalue weighted by Crippen LogP contribution is -2.47. The van der Waals surface area contributed by atoms with Crippen LogP contribution in [-0.2, 0) is 4.79 Å². The number of nitrogens with one attached hydrogen (secondary N) is 1. The van der Waals surface area contributed by atoms with Crippen molar-refractivity contribution < 1.29 is 9.59 Å². The second-order valence-electron chi connectivity index (χ2n) is 4.88. The maximum atomic E-state index is 12.0. The Morgan fingerprint density at radius 3 is 2.81 bits per heavy atom. The number of likely N-dealkylation sites (tertiary alicyclic amines) is 1. The molecule has 1 aromatic rings. The van der Waals surface area contributed by atoms with E-state index in [0.717, 1.165) is 6.42 Å². The molecule has 0 unspecified atom stereocenters. The molecular formula is C12H16N2O2. The van der Waals surface area contributed by atoms with Crippen molar-refractivity contribution in [3.8, 4) is 0 Å². The minimum absolute atomic E-state index is 0.0647. The SMILES string of the molecule is CC1(C)CCN(C(=O)c2cc[nH]c2)CC1=O. The van der Waals surface area contributed by atoms with Gasteiger partial charge in [-0.3, -0.25) is 9.59 Å². The van der Waals surface area contributed by atoms with Crippen molar-refractivity contribution >= 4 is 11.7 Å².